The molecule has 0 aliphatic heterocycles. The molecular weight excluding hydrogens is 208 g/mol. The fourth-order valence-electron chi connectivity index (χ4n) is 2.05. The van der Waals surface area contributed by atoms with Gasteiger partial charge < -0.3 is 9.72 Å². The average molecular weight is 224 g/mol. The third-order valence-corrected chi connectivity index (χ3v) is 3.13. The Labute approximate surface area is 94.9 Å². The number of methoxy groups -OCH3 is 1. The number of H-pyrrole nitrogens is 1. The first-order chi connectivity index (χ1) is 7.31. The van der Waals surface area contributed by atoms with Crippen molar-refractivity contribution >= 4 is 12.2 Å². The number of aromatic amines is 1. The van der Waals surface area contributed by atoms with E-state index in [1.807, 2.05) is 0 Å². The Kier molecular flexibility index (Phi) is 3.49. The summed E-state index contributed by atoms with van der Waals surface area (Å²) in [6.07, 6.45) is 5.94. The van der Waals surface area contributed by atoms with Gasteiger partial charge in [-0.25, -0.2) is 4.98 Å². The highest BCUT2D eigenvalue weighted by Crippen LogP contribution is 2.19. The van der Waals surface area contributed by atoms with Gasteiger partial charge in [-0.2, -0.15) is 0 Å². The second-order valence-corrected chi connectivity index (χ2v) is 4.33. The summed E-state index contributed by atoms with van der Waals surface area (Å²) in [5, 5.41) is 0. The molecule has 4 heteroatoms. The second kappa shape index (κ2) is 4.86. The molecule has 0 radical (unpaired) electrons. The number of nitrogens with one attached hydrogen (secondary N) is 1. The van der Waals surface area contributed by atoms with Gasteiger partial charge in [-0.1, -0.05) is 18.6 Å². The Bertz CT molecular complexity index is 400. The predicted molar refractivity (Wildman–Crippen MR) is 61.4 cm³/mol. The molecule has 0 atom stereocenters. The fourth-order valence-corrected chi connectivity index (χ4v) is 2.39. The van der Waals surface area contributed by atoms with Crippen molar-refractivity contribution in [1.82, 2.24) is 9.97 Å². The van der Waals surface area contributed by atoms with E-state index >= 15 is 0 Å². The Morgan fingerprint density at radius 3 is 2.93 bits per heavy atom. The highest BCUT2D eigenvalue weighted by molar-refractivity contribution is 7.71. The minimum absolute atomic E-state index is 0.511. The molecule has 0 fully saturated rings. The number of fused-ring (bicyclic) bond motifs is 1. The minimum atomic E-state index is 0.511. The van der Waals surface area contributed by atoms with Gasteiger partial charge in [0.1, 0.15) is 17.1 Å². The standard InChI is InChI=1S/C11H16N2OS/c1-14-7-10-12-9-6-4-2-3-5-8(9)11(15)13-10/h2-7H2,1H3,(H,12,13,15). The van der Waals surface area contributed by atoms with Crippen LogP contribution in [0.2, 0.25) is 0 Å². The molecule has 15 heavy (non-hydrogen) atoms. The Morgan fingerprint density at radius 1 is 1.33 bits per heavy atom. The molecule has 0 saturated heterocycles. The molecule has 1 aliphatic carbocycles. The number of rotatable bonds is 2. The highest BCUT2D eigenvalue weighted by Gasteiger charge is 2.11. The molecule has 1 heterocycles. The van der Waals surface area contributed by atoms with Gasteiger partial charge in [0.25, 0.3) is 0 Å². The lowest BCUT2D eigenvalue weighted by Crippen LogP contribution is -2.05. The third kappa shape index (κ3) is 2.44. The van der Waals surface area contributed by atoms with E-state index < -0.39 is 0 Å². The van der Waals surface area contributed by atoms with Crippen LogP contribution in [-0.4, -0.2) is 17.1 Å². The van der Waals surface area contributed by atoms with Crippen LogP contribution >= 0.6 is 12.2 Å². The van der Waals surface area contributed by atoms with E-state index in [1.54, 1.807) is 7.11 Å². The van der Waals surface area contributed by atoms with Crippen LogP contribution in [0.4, 0.5) is 0 Å². The Hall–Kier alpha value is -0.740. The molecule has 1 aromatic heterocycles. The van der Waals surface area contributed by atoms with Gasteiger partial charge >= 0.3 is 0 Å². The van der Waals surface area contributed by atoms with Crippen molar-refractivity contribution in [3.05, 3.63) is 21.7 Å². The van der Waals surface area contributed by atoms with Gasteiger partial charge in [-0.3, -0.25) is 0 Å². The van der Waals surface area contributed by atoms with Crippen LogP contribution in [0.25, 0.3) is 0 Å². The number of ether oxygens (including phenoxy) is 1. The highest BCUT2D eigenvalue weighted by atomic mass is 32.1. The minimum Gasteiger partial charge on any atom is -0.377 e. The molecule has 0 aromatic carbocycles. The molecule has 0 spiro atoms. The van der Waals surface area contributed by atoms with Crippen molar-refractivity contribution in [3.8, 4) is 0 Å². The molecule has 1 N–H and O–H groups in total. The molecule has 0 saturated carbocycles. The second-order valence-electron chi connectivity index (χ2n) is 3.94. The largest absolute Gasteiger partial charge is 0.377 e. The lowest BCUT2D eigenvalue weighted by atomic mass is 10.1. The molecule has 3 nitrogen and oxygen atoms in total. The maximum absolute atomic E-state index is 5.31. The third-order valence-electron chi connectivity index (χ3n) is 2.79. The van der Waals surface area contributed by atoms with E-state index in [2.05, 4.69) is 9.97 Å². The van der Waals surface area contributed by atoms with Gasteiger partial charge in [0.2, 0.25) is 0 Å². The number of aryl methyl sites for hydroxylation is 1. The van der Waals surface area contributed by atoms with Crippen LogP contribution in [-0.2, 0) is 24.2 Å². The maximum Gasteiger partial charge on any atom is 0.134 e. The summed E-state index contributed by atoms with van der Waals surface area (Å²) in [7, 11) is 1.67. The van der Waals surface area contributed by atoms with E-state index in [0.717, 1.165) is 23.3 Å². The zero-order valence-electron chi connectivity index (χ0n) is 9.01. The SMILES string of the molecule is COCc1nc(=S)c2c([nH]1)CCCCC2. The summed E-state index contributed by atoms with van der Waals surface area (Å²) >= 11 is 5.31. The summed E-state index contributed by atoms with van der Waals surface area (Å²) in [4.78, 5) is 7.70. The summed E-state index contributed by atoms with van der Waals surface area (Å²) < 4.78 is 5.83. The molecule has 1 aromatic rings. The van der Waals surface area contributed by atoms with Gasteiger partial charge in [-0.15, -0.1) is 0 Å². The molecule has 0 unspecified atom stereocenters. The van der Waals surface area contributed by atoms with Crippen LogP contribution in [0.5, 0.6) is 0 Å². The van der Waals surface area contributed by atoms with Gasteiger partial charge in [0.05, 0.1) is 0 Å². The molecule has 1 aliphatic rings. The lowest BCUT2D eigenvalue weighted by molar-refractivity contribution is 0.177. The normalized spacial score (nSPS) is 15.8. The number of nitrogens with zero attached hydrogens (tertiary/aromatic N) is 1. The van der Waals surface area contributed by atoms with Gasteiger partial charge in [0, 0.05) is 18.4 Å². The van der Waals surface area contributed by atoms with E-state index in [1.165, 1.54) is 30.5 Å². The number of aromatic nitrogens is 2. The predicted octanol–water partition coefficient (Wildman–Crippen LogP) is 2.55. The van der Waals surface area contributed by atoms with Crippen LogP contribution in [0, 0.1) is 4.64 Å². The zero-order valence-corrected chi connectivity index (χ0v) is 9.82. The summed E-state index contributed by atoms with van der Waals surface area (Å²) in [5.41, 5.74) is 2.53. The molecule has 2 rings (SSSR count). The van der Waals surface area contributed by atoms with Crippen molar-refractivity contribution in [3.63, 3.8) is 0 Å². The topological polar surface area (TPSA) is 37.9 Å². The number of hydrogen-bond acceptors (Lipinski definition) is 3. The van der Waals surface area contributed by atoms with E-state index in [-0.39, 0.29) is 0 Å². The first-order valence-corrected chi connectivity index (χ1v) is 5.82. The van der Waals surface area contributed by atoms with Gasteiger partial charge in [-0.05, 0) is 25.7 Å². The number of hydrogen-bond donors (Lipinski definition) is 1. The van der Waals surface area contributed by atoms with Crippen LogP contribution < -0.4 is 0 Å². The van der Waals surface area contributed by atoms with Gasteiger partial charge in [0.15, 0.2) is 0 Å². The van der Waals surface area contributed by atoms with Crippen molar-refractivity contribution in [2.24, 2.45) is 0 Å². The van der Waals surface area contributed by atoms with E-state index in [9.17, 15) is 0 Å². The van der Waals surface area contributed by atoms with Crippen molar-refractivity contribution < 1.29 is 4.74 Å². The van der Waals surface area contributed by atoms with Crippen LogP contribution in [0.15, 0.2) is 0 Å². The van der Waals surface area contributed by atoms with Crippen LogP contribution in [0.3, 0.4) is 0 Å². The van der Waals surface area contributed by atoms with E-state index in [0.29, 0.717) is 6.61 Å². The molecule has 0 bridgehead atoms. The van der Waals surface area contributed by atoms with Crippen LogP contribution in [0.1, 0.15) is 36.3 Å². The monoisotopic (exact) mass is 224 g/mol. The Morgan fingerprint density at radius 2 is 2.13 bits per heavy atom. The zero-order chi connectivity index (χ0) is 10.7. The van der Waals surface area contributed by atoms with Crippen molar-refractivity contribution in [2.45, 2.75) is 38.7 Å². The molecule has 82 valence electrons. The van der Waals surface area contributed by atoms with E-state index in [4.69, 9.17) is 17.0 Å². The summed E-state index contributed by atoms with van der Waals surface area (Å²) in [6.45, 7) is 0.511. The molecule has 0 amide bonds. The maximum atomic E-state index is 5.31. The smallest absolute Gasteiger partial charge is 0.134 e. The quantitative estimate of drug-likeness (QED) is 0.619. The fraction of sp³-hybridized carbons (Fsp3) is 0.636. The Balaban J connectivity index is 2.39. The molecular formula is C11H16N2OS. The first-order valence-electron chi connectivity index (χ1n) is 5.41. The lowest BCUT2D eigenvalue weighted by Gasteiger charge is -2.08. The summed E-state index contributed by atoms with van der Waals surface area (Å²) in [6, 6.07) is 0. The average Bonchev–Trinajstić information content (AvgIpc) is 2.43. The van der Waals surface area contributed by atoms with Crippen molar-refractivity contribution in [2.75, 3.05) is 7.11 Å². The summed E-state index contributed by atoms with van der Waals surface area (Å²) in [5.74, 6) is 0.850. The van der Waals surface area contributed by atoms with Crippen molar-refractivity contribution in [1.29, 1.82) is 0 Å². The first kappa shape index (κ1) is 10.8.